The number of hydrogen-bond acceptors (Lipinski definition) is 1. The summed E-state index contributed by atoms with van der Waals surface area (Å²) in [5, 5.41) is 0. The molecule has 0 amide bonds. The second-order valence-electron chi connectivity index (χ2n) is 4.71. The van der Waals surface area contributed by atoms with Gasteiger partial charge in [-0.2, -0.15) is 0 Å². The van der Waals surface area contributed by atoms with Gasteiger partial charge in [-0.3, -0.25) is 0 Å². The van der Waals surface area contributed by atoms with Crippen molar-refractivity contribution >= 4 is 0 Å². The van der Waals surface area contributed by atoms with E-state index in [-0.39, 0.29) is 5.54 Å². The summed E-state index contributed by atoms with van der Waals surface area (Å²) in [5.74, 6) is 0.811. The van der Waals surface area contributed by atoms with Crippen molar-refractivity contribution in [2.45, 2.75) is 70.8 Å². The van der Waals surface area contributed by atoms with Gasteiger partial charge in [0.15, 0.2) is 0 Å². The summed E-state index contributed by atoms with van der Waals surface area (Å²) in [6.45, 7) is 4.53. The van der Waals surface area contributed by atoms with Crippen LogP contribution < -0.4 is 5.73 Å². The second kappa shape index (κ2) is 4.99. The largest absolute Gasteiger partial charge is 0.325 e. The zero-order valence-corrected chi connectivity index (χ0v) is 9.31. The lowest BCUT2D eigenvalue weighted by Gasteiger charge is -2.41. The summed E-state index contributed by atoms with van der Waals surface area (Å²) in [7, 11) is 0. The maximum absolute atomic E-state index is 6.50. The van der Waals surface area contributed by atoms with Crippen LogP contribution in [-0.4, -0.2) is 5.54 Å². The van der Waals surface area contributed by atoms with Gasteiger partial charge < -0.3 is 5.73 Å². The monoisotopic (exact) mass is 183 g/mol. The summed E-state index contributed by atoms with van der Waals surface area (Å²) < 4.78 is 0. The van der Waals surface area contributed by atoms with E-state index in [0.29, 0.717) is 0 Å². The topological polar surface area (TPSA) is 26.0 Å². The summed E-state index contributed by atoms with van der Waals surface area (Å²) in [6, 6.07) is 0. The third-order valence-electron chi connectivity index (χ3n) is 3.61. The lowest BCUT2D eigenvalue weighted by molar-refractivity contribution is 0.164. The van der Waals surface area contributed by atoms with Gasteiger partial charge in [-0.1, -0.05) is 39.5 Å². The SMILES string of the molecule is CCCC1CCCCC1(N)CCC. The van der Waals surface area contributed by atoms with E-state index in [4.69, 9.17) is 5.73 Å². The van der Waals surface area contributed by atoms with Crippen LogP contribution in [0.2, 0.25) is 0 Å². The van der Waals surface area contributed by atoms with Crippen LogP contribution in [0.3, 0.4) is 0 Å². The van der Waals surface area contributed by atoms with Crippen molar-refractivity contribution in [1.82, 2.24) is 0 Å². The van der Waals surface area contributed by atoms with Crippen LogP contribution in [0.25, 0.3) is 0 Å². The maximum atomic E-state index is 6.50. The minimum atomic E-state index is 0.197. The van der Waals surface area contributed by atoms with Gasteiger partial charge in [0.1, 0.15) is 0 Å². The van der Waals surface area contributed by atoms with E-state index >= 15 is 0 Å². The average molecular weight is 183 g/mol. The molecule has 0 saturated heterocycles. The zero-order valence-electron chi connectivity index (χ0n) is 9.31. The van der Waals surface area contributed by atoms with E-state index in [9.17, 15) is 0 Å². The number of rotatable bonds is 4. The van der Waals surface area contributed by atoms with E-state index in [1.165, 1.54) is 51.4 Å². The van der Waals surface area contributed by atoms with E-state index in [2.05, 4.69) is 13.8 Å². The third kappa shape index (κ3) is 2.70. The molecule has 1 aliphatic rings. The molecule has 1 heteroatoms. The molecule has 0 aliphatic heterocycles. The lowest BCUT2D eigenvalue weighted by atomic mass is 9.69. The molecule has 0 spiro atoms. The first-order valence-corrected chi connectivity index (χ1v) is 6.02. The van der Waals surface area contributed by atoms with Gasteiger partial charge in [0, 0.05) is 5.54 Å². The van der Waals surface area contributed by atoms with Crippen molar-refractivity contribution in [2.75, 3.05) is 0 Å². The van der Waals surface area contributed by atoms with Crippen LogP contribution in [0, 0.1) is 5.92 Å². The Morgan fingerprint density at radius 3 is 2.62 bits per heavy atom. The third-order valence-corrected chi connectivity index (χ3v) is 3.61. The first kappa shape index (κ1) is 11.0. The van der Waals surface area contributed by atoms with Crippen LogP contribution >= 0.6 is 0 Å². The summed E-state index contributed by atoms with van der Waals surface area (Å²) in [5.41, 5.74) is 6.70. The fraction of sp³-hybridized carbons (Fsp3) is 1.00. The molecule has 0 aromatic carbocycles. The highest BCUT2D eigenvalue weighted by molar-refractivity contribution is 4.93. The van der Waals surface area contributed by atoms with E-state index in [0.717, 1.165) is 5.92 Å². The molecule has 0 bridgehead atoms. The second-order valence-corrected chi connectivity index (χ2v) is 4.71. The van der Waals surface area contributed by atoms with Gasteiger partial charge in [0.2, 0.25) is 0 Å². The highest BCUT2D eigenvalue weighted by Gasteiger charge is 2.35. The highest BCUT2D eigenvalue weighted by Crippen LogP contribution is 2.37. The number of nitrogens with two attached hydrogens (primary N) is 1. The molecule has 1 saturated carbocycles. The first-order chi connectivity index (χ1) is 6.23. The fourth-order valence-corrected chi connectivity index (χ4v) is 2.91. The molecule has 0 aromatic rings. The number of hydrogen-bond donors (Lipinski definition) is 1. The van der Waals surface area contributed by atoms with Crippen LogP contribution in [0.5, 0.6) is 0 Å². The van der Waals surface area contributed by atoms with Crippen molar-refractivity contribution in [3.05, 3.63) is 0 Å². The Balaban J connectivity index is 2.54. The van der Waals surface area contributed by atoms with Crippen LogP contribution in [0.1, 0.15) is 65.2 Å². The molecular weight excluding hydrogens is 158 g/mol. The molecule has 1 rings (SSSR count). The molecule has 0 heterocycles. The Morgan fingerprint density at radius 1 is 1.23 bits per heavy atom. The van der Waals surface area contributed by atoms with Crippen LogP contribution in [-0.2, 0) is 0 Å². The molecule has 1 fully saturated rings. The Morgan fingerprint density at radius 2 is 2.00 bits per heavy atom. The minimum Gasteiger partial charge on any atom is -0.325 e. The van der Waals surface area contributed by atoms with Crippen molar-refractivity contribution in [3.8, 4) is 0 Å². The van der Waals surface area contributed by atoms with Crippen molar-refractivity contribution < 1.29 is 0 Å². The molecule has 0 aromatic heterocycles. The van der Waals surface area contributed by atoms with Gasteiger partial charge in [0.05, 0.1) is 0 Å². The molecule has 1 nitrogen and oxygen atoms in total. The van der Waals surface area contributed by atoms with Crippen LogP contribution in [0.15, 0.2) is 0 Å². The van der Waals surface area contributed by atoms with Gasteiger partial charge in [0.25, 0.3) is 0 Å². The highest BCUT2D eigenvalue weighted by atomic mass is 14.8. The van der Waals surface area contributed by atoms with Gasteiger partial charge in [-0.05, 0) is 31.6 Å². The Labute approximate surface area is 83.1 Å². The maximum Gasteiger partial charge on any atom is 0.0182 e. The van der Waals surface area contributed by atoms with Crippen molar-refractivity contribution in [3.63, 3.8) is 0 Å². The van der Waals surface area contributed by atoms with Crippen molar-refractivity contribution in [2.24, 2.45) is 11.7 Å². The van der Waals surface area contributed by atoms with E-state index in [1.54, 1.807) is 0 Å². The smallest absolute Gasteiger partial charge is 0.0182 e. The van der Waals surface area contributed by atoms with E-state index < -0.39 is 0 Å². The molecule has 2 atom stereocenters. The Bertz CT molecular complexity index is 138. The minimum absolute atomic E-state index is 0.197. The molecule has 2 unspecified atom stereocenters. The lowest BCUT2D eigenvalue weighted by Crippen LogP contribution is -2.49. The fourth-order valence-electron chi connectivity index (χ4n) is 2.91. The van der Waals surface area contributed by atoms with Gasteiger partial charge >= 0.3 is 0 Å². The molecule has 1 aliphatic carbocycles. The summed E-state index contributed by atoms with van der Waals surface area (Å²) in [4.78, 5) is 0. The molecule has 2 N–H and O–H groups in total. The van der Waals surface area contributed by atoms with Crippen LogP contribution in [0.4, 0.5) is 0 Å². The summed E-state index contributed by atoms with van der Waals surface area (Å²) in [6.07, 6.45) is 10.5. The quantitative estimate of drug-likeness (QED) is 0.709. The molecule has 13 heavy (non-hydrogen) atoms. The Hall–Kier alpha value is -0.0400. The van der Waals surface area contributed by atoms with Gasteiger partial charge in [-0.15, -0.1) is 0 Å². The van der Waals surface area contributed by atoms with Crippen molar-refractivity contribution in [1.29, 1.82) is 0 Å². The van der Waals surface area contributed by atoms with Gasteiger partial charge in [-0.25, -0.2) is 0 Å². The standard InChI is InChI=1S/C12H25N/c1-3-7-11-8-5-6-10-12(11,13)9-4-2/h11H,3-10,13H2,1-2H3. The van der Waals surface area contributed by atoms with E-state index in [1.807, 2.05) is 0 Å². The predicted molar refractivity (Wildman–Crippen MR) is 58.7 cm³/mol. The zero-order chi connectivity index (χ0) is 9.73. The summed E-state index contributed by atoms with van der Waals surface area (Å²) >= 11 is 0. The Kier molecular flexibility index (Phi) is 4.24. The normalized spacial score (nSPS) is 34.8. The first-order valence-electron chi connectivity index (χ1n) is 6.02. The average Bonchev–Trinajstić information content (AvgIpc) is 2.10. The predicted octanol–water partition coefficient (Wildman–Crippen LogP) is 3.47. The molecule has 78 valence electrons. The molecular formula is C12H25N. The molecule has 0 radical (unpaired) electrons.